The van der Waals surface area contributed by atoms with E-state index in [9.17, 15) is 13.2 Å². The van der Waals surface area contributed by atoms with Crippen LogP contribution < -0.4 is 10.2 Å². The van der Waals surface area contributed by atoms with Crippen molar-refractivity contribution in [2.24, 2.45) is 5.92 Å². The average molecular weight is 428 g/mol. The molecule has 2 aromatic rings. The molecule has 6 nitrogen and oxygen atoms in total. The van der Waals surface area contributed by atoms with E-state index in [0.29, 0.717) is 31.1 Å². The molecule has 7 heteroatoms. The van der Waals surface area contributed by atoms with Crippen LogP contribution in [0, 0.1) is 5.92 Å². The van der Waals surface area contributed by atoms with Gasteiger partial charge in [-0.25, -0.2) is 12.7 Å². The quantitative estimate of drug-likeness (QED) is 0.797. The van der Waals surface area contributed by atoms with E-state index in [1.165, 1.54) is 21.7 Å². The summed E-state index contributed by atoms with van der Waals surface area (Å²) in [7, 11) is -3.11. The van der Waals surface area contributed by atoms with Gasteiger partial charge >= 0.3 is 0 Å². The maximum absolute atomic E-state index is 12.5. The van der Waals surface area contributed by atoms with Crippen LogP contribution in [-0.4, -0.2) is 51.1 Å². The fourth-order valence-corrected chi connectivity index (χ4v) is 5.20. The van der Waals surface area contributed by atoms with E-state index in [-0.39, 0.29) is 5.91 Å². The number of hydrogen-bond donors (Lipinski definition) is 1. The number of nitrogens with zero attached hydrogens (tertiary/aromatic N) is 2. The van der Waals surface area contributed by atoms with E-state index in [4.69, 9.17) is 0 Å². The Hall–Kier alpha value is -2.38. The van der Waals surface area contributed by atoms with Gasteiger partial charge in [-0.1, -0.05) is 24.3 Å². The standard InChI is InChI=1S/C23H29N3O3S/c1-30(28,29)26-14-10-18(11-15-26)16-24-23(27)20-6-8-22(9-7-20)25-13-12-19-4-2-3-5-21(19)17-25/h2-9,18H,10-17H2,1H3,(H,24,27). The molecule has 0 atom stereocenters. The number of carbonyl (C=O) groups is 1. The minimum Gasteiger partial charge on any atom is -0.367 e. The van der Waals surface area contributed by atoms with E-state index in [1.54, 1.807) is 0 Å². The minimum atomic E-state index is -3.11. The summed E-state index contributed by atoms with van der Waals surface area (Å²) in [5.41, 5.74) is 4.58. The summed E-state index contributed by atoms with van der Waals surface area (Å²) in [6, 6.07) is 16.4. The largest absolute Gasteiger partial charge is 0.367 e. The fraction of sp³-hybridized carbons (Fsp3) is 0.435. The van der Waals surface area contributed by atoms with Crippen LogP contribution >= 0.6 is 0 Å². The number of carbonyl (C=O) groups excluding carboxylic acids is 1. The topological polar surface area (TPSA) is 69.7 Å². The first kappa shape index (κ1) is 20.9. The van der Waals surface area contributed by atoms with Crippen LogP contribution in [0.1, 0.15) is 34.3 Å². The highest BCUT2D eigenvalue weighted by molar-refractivity contribution is 7.88. The van der Waals surface area contributed by atoms with Gasteiger partial charge in [0.25, 0.3) is 5.91 Å². The highest BCUT2D eigenvalue weighted by atomic mass is 32.2. The number of anilines is 1. The molecule has 1 saturated heterocycles. The lowest BCUT2D eigenvalue weighted by atomic mass is 9.98. The highest BCUT2D eigenvalue weighted by Crippen LogP contribution is 2.25. The monoisotopic (exact) mass is 427 g/mol. The number of amides is 1. The third-order valence-corrected chi connectivity index (χ3v) is 7.52. The lowest BCUT2D eigenvalue weighted by molar-refractivity contribution is 0.0941. The van der Waals surface area contributed by atoms with E-state index in [0.717, 1.165) is 38.0 Å². The Morgan fingerprint density at radius 2 is 1.67 bits per heavy atom. The van der Waals surface area contributed by atoms with Crippen molar-refractivity contribution >= 4 is 21.6 Å². The smallest absolute Gasteiger partial charge is 0.251 e. The first-order valence-electron chi connectivity index (χ1n) is 10.6. The zero-order chi connectivity index (χ0) is 21.1. The third kappa shape index (κ3) is 4.84. The Labute approximate surface area is 178 Å². The highest BCUT2D eigenvalue weighted by Gasteiger charge is 2.25. The molecule has 160 valence electrons. The van der Waals surface area contributed by atoms with Gasteiger partial charge in [0.2, 0.25) is 10.0 Å². The summed E-state index contributed by atoms with van der Waals surface area (Å²) >= 11 is 0. The maximum atomic E-state index is 12.5. The van der Waals surface area contributed by atoms with Crippen molar-refractivity contribution < 1.29 is 13.2 Å². The van der Waals surface area contributed by atoms with Crippen molar-refractivity contribution in [3.05, 3.63) is 65.2 Å². The Balaban J connectivity index is 1.29. The number of rotatable bonds is 5. The fourth-order valence-electron chi connectivity index (χ4n) is 4.32. The van der Waals surface area contributed by atoms with E-state index in [2.05, 4.69) is 34.5 Å². The van der Waals surface area contributed by atoms with Crippen molar-refractivity contribution in [2.45, 2.75) is 25.8 Å². The summed E-state index contributed by atoms with van der Waals surface area (Å²) in [6.45, 7) is 3.53. The second kappa shape index (κ2) is 8.78. The van der Waals surface area contributed by atoms with Gasteiger partial charge in [-0.3, -0.25) is 4.79 Å². The van der Waals surface area contributed by atoms with Gasteiger partial charge in [-0.2, -0.15) is 0 Å². The van der Waals surface area contributed by atoms with Gasteiger partial charge in [-0.05, 0) is 60.6 Å². The molecular weight excluding hydrogens is 398 g/mol. The molecule has 1 fully saturated rings. The van der Waals surface area contributed by atoms with Gasteiger partial charge in [-0.15, -0.1) is 0 Å². The maximum Gasteiger partial charge on any atom is 0.251 e. The lowest BCUT2D eigenvalue weighted by Gasteiger charge is -2.31. The Kier molecular flexibility index (Phi) is 6.11. The molecule has 1 N–H and O–H groups in total. The number of hydrogen-bond acceptors (Lipinski definition) is 4. The van der Waals surface area contributed by atoms with Gasteiger partial charge in [0.05, 0.1) is 6.26 Å². The molecule has 4 rings (SSSR count). The summed E-state index contributed by atoms with van der Waals surface area (Å²) in [5.74, 6) is 0.246. The van der Waals surface area contributed by atoms with Crippen LogP contribution in [0.5, 0.6) is 0 Å². The van der Waals surface area contributed by atoms with Crippen molar-refractivity contribution in [3.8, 4) is 0 Å². The molecular formula is C23H29N3O3S. The SMILES string of the molecule is CS(=O)(=O)N1CCC(CNC(=O)c2ccc(N3CCc4ccccc4C3)cc2)CC1. The van der Waals surface area contributed by atoms with Gasteiger partial charge < -0.3 is 10.2 Å². The molecule has 0 spiro atoms. The van der Waals surface area contributed by atoms with Crippen LogP contribution in [0.3, 0.4) is 0 Å². The summed E-state index contributed by atoms with van der Waals surface area (Å²) in [5, 5.41) is 3.01. The summed E-state index contributed by atoms with van der Waals surface area (Å²) in [4.78, 5) is 14.9. The average Bonchev–Trinajstić information content (AvgIpc) is 2.77. The van der Waals surface area contributed by atoms with E-state index >= 15 is 0 Å². The second-order valence-corrected chi connectivity index (χ2v) is 10.3. The molecule has 0 radical (unpaired) electrons. The van der Waals surface area contributed by atoms with Crippen molar-refractivity contribution in [3.63, 3.8) is 0 Å². The molecule has 1 amide bonds. The van der Waals surface area contributed by atoms with Crippen molar-refractivity contribution in [1.29, 1.82) is 0 Å². The van der Waals surface area contributed by atoms with E-state index in [1.807, 2.05) is 24.3 Å². The van der Waals surface area contributed by atoms with E-state index < -0.39 is 10.0 Å². The number of nitrogens with one attached hydrogen (secondary N) is 1. The predicted octanol–water partition coefficient (Wildman–Crippen LogP) is 2.65. The normalized spacial score (nSPS) is 18.1. The number of sulfonamides is 1. The van der Waals surface area contributed by atoms with Gasteiger partial charge in [0.1, 0.15) is 0 Å². The van der Waals surface area contributed by atoms with Gasteiger partial charge in [0, 0.05) is 44.0 Å². The molecule has 2 heterocycles. The first-order valence-corrected chi connectivity index (χ1v) is 12.4. The van der Waals surface area contributed by atoms with Crippen LogP contribution in [0.2, 0.25) is 0 Å². The zero-order valence-corrected chi connectivity index (χ0v) is 18.2. The number of piperidine rings is 1. The molecule has 2 aromatic carbocycles. The van der Waals surface area contributed by atoms with Crippen LogP contribution in [0.15, 0.2) is 48.5 Å². The number of fused-ring (bicyclic) bond motifs is 1. The Morgan fingerprint density at radius 1 is 1.00 bits per heavy atom. The molecule has 0 aliphatic carbocycles. The van der Waals surface area contributed by atoms with Crippen LogP contribution in [-0.2, 0) is 23.0 Å². The van der Waals surface area contributed by atoms with Gasteiger partial charge in [0.15, 0.2) is 0 Å². The number of benzene rings is 2. The Bertz CT molecular complexity index is 997. The molecule has 2 aliphatic heterocycles. The third-order valence-electron chi connectivity index (χ3n) is 6.22. The van der Waals surface area contributed by atoms with Crippen molar-refractivity contribution in [1.82, 2.24) is 9.62 Å². The van der Waals surface area contributed by atoms with Crippen LogP contribution in [0.4, 0.5) is 5.69 Å². The van der Waals surface area contributed by atoms with Crippen molar-refractivity contribution in [2.75, 3.05) is 37.3 Å². The molecule has 0 bridgehead atoms. The molecule has 0 aromatic heterocycles. The lowest BCUT2D eigenvalue weighted by Crippen LogP contribution is -2.41. The summed E-state index contributed by atoms with van der Waals surface area (Å²) in [6.07, 6.45) is 3.85. The predicted molar refractivity (Wildman–Crippen MR) is 119 cm³/mol. The Morgan fingerprint density at radius 3 is 2.33 bits per heavy atom. The first-order chi connectivity index (χ1) is 14.4. The second-order valence-electron chi connectivity index (χ2n) is 8.30. The molecule has 0 unspecified atom stereocenters. The molecule has 0 saturated carbocycles. The molecule has 2 aliphatic rings. The summed E-state index contributed by atoms with van der Waals surface area (Å²) < 4.78 is 24.7. The van der Waals surface area contributed by atoms with Crippen LogP contribution in [0.25, 0.3) is 0 Å². The molecule has 30 heavy (non-hydrogen) atoms. The minimum absolute atomic E-state index is 0.0731. The zero-order valence-electron chi connectivity index (χ0n) is 17.4.